The van der Waals surface area contributed by atoms with Crippen LogP contribution in [0.15, 0.2) is 18.2 Å². The predicted molar refractivity (Wildman–Crippen MR) is 70.8 cm³/mol. The van der Waals surface area contributed by atoms with Gasteiger partial charge >= 0.3 is 6.18 Å². The topological polar surface area (TPSA) is 55.5 Å². The number of alkyl halides is 3. The minimum Gasteiger partial charge on any atom is -0.508 e. The summed E-state index contributed by atoms with van der Waals surface area (Å²) in [5.41, 5.74) is 5.37. The third kappa shape index (κ3) is 3.77. The van der Waals surface area contributed by atoms with Gasteiger partial charge in [-0.2, -0.15) is 13.2 Å². The van der Waals surface area contributed by atoms with Gasteiger partial charge in [0.2, 0.25) is 0 Å². The Kier molecular flexibility index (Phi) is 5.68. The molecule has 1 aliphatic rings. The number of phenols is 1. The largest absolute Gasteiger partial charge is 0.508 e. The molecule has 3 nitrogen and oxygen atoms in total. The van der Waals surface area contributed by atoms with Gasteiger partial charge in [0, 0.05) is 24.8 Å². The second-order valence-corrected chi connectivity index (χ2v) is 4.75. The van der Waals surface area contributed by atoms with Crippen LogP contribution < -0.4 is 5.73 Å². The first-order valence-electron chi connectivity index (χ1n) is 6.13. The van der Waals surface area contributed by atoms with Crippen LogP contribution >= 0.6 is 12.4 Å². The number of hydrogen-bond donors (Lipinski definition) is 2. The van der Waals surface area contributed by atoms with Crippen molar-refractivity contribution in [2.75, 3.05) is 13.2 Å². The van der Waals surface area contributed by atoms with Crippen LogP contribution in [-0.2, 0) is 10.9 Å². The Hall–Kier alpha value is -0.980. The maximum atomic E-state index is 12.7. The minimum absolute atomic E-state index is 0. The van der Waals surface area contributed by atoms with E-state index in [-0.39, 0.29) is 29.6 Å². The van der Waals surface area contributed by atoms with Crippen molar-refractivity contribution in [3.63, 3.8) is 0 Å². The molecule has 1 fully saturated rings. The lowest BCUT2D eigenvalue weighted by Crippen LogP contribution is -2.27. The highest BCUT2D eigenvalue weighted by Gasteiger charge is 2.32. The first kappa shape index (κ1) is 17.1. The Bertz CT molecular complexity index is 448. The summed E-state index contributed by atoms with van der Waals surface area (Å²) in [5, 5.41) is 9.72. The highest BCUT2D eigenvalue weighted by atomic mass is 35.5. The third-order valence-electron chi connectivity index (χ3n) is 3.49. The zero-order chi connectivity index (χ0) is 14.0. The molecule has 0 spiro atoms. The van der Waals surface area contributed by atoms with Crippen LogP contribution in [0.25, 0.3) is 0 Å². The molecule has 0 amide bonds. The van der Waals surface area contributed by atoms with Crippen LogP contribution in [0.5, 0.6) is 5.75 Å². The van der Waals surface area contributed by atoms with E-state index in [1.54, 1.807) is 0 Å². The van der Waals surface area contributed by atoms with E-state index in [4.69, 9.17) is 10.5 Å². The number of halogens is 4. The van der Waals surface area contributed by atoms with Crippen LogP contribution in [0.1, 0.15) is 30.0 Å². The predicted octanol–water partition coefficient (Wildman–Crippen LogP) is 3.26. The summed E-state index contributed by atoms with van der Waals surface area (Å²) in [7, 11) is 0. The van der Waals surface area contributed by atoms with E-state index >= 15 is 0 Å². The zero-order valence-corrected chi connectivity index (χ0v) is 11.5. The van der Waals surface area contributed by atoms with Gasteiger partial charge in [0.05, 0.1) is 5.56 Å². The number of benzene rings is 1. The first-order valence-corrected chi connectivity index (χ1v) is 6.13. The first-order chi connectivity index (χ1) is 8.89. The van der Waals surface area contributed by atoms with Gasteiger partial charge in [-0.3, -0.25) is 0 Å². The molecule has 0 radical (unpaired) electrons. The molecule has 1 aromatic rings. The molecular weight excluding hydrogens is 295 g/mol. The number of nitrogens with two attached hydrogens (primary N) is 1. The summed E-state index contributed by atoms with van der Waals surface area (Å²) >= 11 is 0. The number of phenolic OH excluding ortho intramolecular Hbond substituents is 1. The summed E-state index contributed by atoms with van der Waals surface area (Å²) in [6, 6.07) is 2.24. The molecule has 3 N–H and O–H groups in total. The van der Waals surface area contributed by atoms with Crippen molar-refractivity contribution in [2.45, 2.75) is 25.1 Å². The highest BCUT2D eigenvalue weighted by molar-refractivity contribution is 5.85. The summed E-state index contributed by atoms with van der Waals surface area (Å²) in [6.45, 7) is 1.11. The lowest BCUT2D eigenvalue weighted by atomic mass is 9.87. The summed E-state index contributed by atoms with van der Waals surface area (Å²) in [4.78, 5) is 0. The molecule has 20 heavy (non-hydrogen) atoms. The molecule has 0 saturated carbocycles. The van der Waals surface area contributed by atoms with E-state index in [1.807, 2.05) is 0 Å². The fourth-order valence-corrected chi connectivity index (χ4v) is 2.33. The molecule has 0 bridgehead atoms. The Morgan fingerprint density at radius 3 is 2.40 bits per heavy atom. The van der Waals surface area contributed by atoms with Crippen molar-refractivity contribution in [2.24, 2.45) is 11.7 Å². The molecule has 1 heterocycles. The Morgan fingerprint density at radius 2 is 1.85 bits per heavy atom. The lowest BCUT2D eigenvalue weighted by Gasteiger charge is -2.28. The van der Waals surface area contributed by atoms with Gasteiger partial charge in [-0.05, 0) is 37.0 Å². The van der Waals surface area contributed by atoms with Crippen molar-refractivity contribution in [3.8, 4) is 5.75 Å². The fraction of sp³-hybridized carbons (Fsp3) is 0.538. The molecule has 1 atom stereocenters. The van der Waals surface area contributed by atoms with Crippen LogP contribution in [0, 0.1) is 5.92 Å². The molecule has 7 heteroatoms. The molecular formula is C13H17ClF3NO2. The van der Waals surface area contributed by atoms with E-state index in [1.165, 1.54) is 0 Å². The van der Waals surface area contributed by atoms with Crippen LogP contribution in [0.2, 0.25) is 0 Å². The SMILES string of the molecule is Cl.N[C@@H](c1cc(C(F)(F)F)ccc1O)C1CCOCC1. The van der Waals surface area contributed by atoms with E-state index in [9.17, 15) is 18.3 Å². The molecule has 1 saturated heterocycles. The summed E-state index contributed by atoms with van der Waals surface area (Å²) in [5.74, 6) is -0.157. The molecule has 1 aromatic carbocycles. The average molecular weight is 312 g/mol. The van der Waals surface area contributed by atoms with E-state index in [0.29, 0.717) is 26.1 Å². The zero-order valence-electron chi connectivity index (χ0n) is 10.7. The lowest BCUT2D eigenvalue weighted by molar-refractivity contribution is -0.137. The smallest absolute Gasteiger partial charge is 0.416 e. The molecule has 0 unspecified atom stereocenters. The quantitative estimate of drug-likeness (QED) is 0.881. The van der Waals surface area contributed by atoms with Gasteiger partial charge in [-0.25, -0.2) is 0 Å². The van der Waals surface area contributed by atoms with Crippen LogP contribution in [0.4, 0.5) is 13.2 Å². The third-order valence-corrected chi connectivity index (χ3v) is 3.49. The van der Waals surface area contributed by atoms with Crippen LogP contribution in [0.3, 0.4) is 0 Å². The highest BCUT2D eigenvalue weighted by Crippen LogP contribution is 2.37. The monoisotopic (exact) mass is 311 g/mol. The Balaban J connectivity index is 0.00000200. The van der Waals surface area contributed by atoms with Crippen molar-refractivity contribution in [3.05, 3.63) is 29.3 Å². The van der Waals surface area contributed by atoms with Crippen molar-refractivity contribution >= 4 is 12.4 Å². The Morgan fingerprint density at radius 1 is 1.25 bits per heavy atom. The fourth-order valence-electron chi connectivity index (χ4n) is 2.33. The molecule has 0 aromatic heterocycles. The maximum Gasteiger partial charge on any atom is 0.416 e. The van der Waals surface area contributed by atoms with E-state index in [2.05, 4.69) is 0 Å². The average Bonchev–Trinajstić information content (AvgIpc) is 2.38. The van der Waals surface area contributed by atoms with Crippen molar-refractivity contribution < 1.29 is 23.0 Å². The molecule has 0 aliphatic carbocycles. The normalized spacial score (nSPS) is 18.4. The van der Waals surface area contributed by atoms with Gasteiger partial charge in [-0.1, -0.05) is 0 Å². The molecule has 1 aliphatic heterocycles. The number of aromatic hydroxyl groups is 1. The second kappa shape index (κ2) is 6.65. The number of rotatable bonds is 2. The molecule has 2 rings (SSSR count). The van der Waals surface area contributed by atoms with Gasteiger partial charge in [0.1, 0.15) is 5.75 Å². The van der Waals surface area contributed by atoms with E-state index < -0.39 is 17.8 Å². The maximum absolute atomic E-state index is 12.7. The summed E-state index contributed by atoms with van der Waals surface area (Å²) < 4.78 is 43.2. The van der Waals surface area contributed by atoms with Gasteiger partial charge in [-0.15, -0.1) is 12.4 Å². The van der Waals surface area contributed by atoms with Gasteiger partial charge in [0.25, 0.3) is 0 Å². The number of hydrogen-bond acceptors (Lipinski definition) is 3. The van der Waals surface area contributed by atoms with Crippen molar-refractivity contribution in [1.82, 2.24) is 0 Å². The molecule has 114 valence electrons. The van der Waals surface area contributed by atoms with E-state index in [0.717, 1.165) is 18.2 Å². The van der Waals surface area contributed by atoms with Gasteiger partial charge in [0.15, 0.2) is 0 Å². The van der Waals surface area contributed by atoms with Crippen molar-refractivity contribution in [1.29, 1.82) is 0 Å². The van der Waals surface area contributed by atoms with Crippen LogP contribution in [-0.4, -0.2) is 18.3 Å². The summed E-state index contributed by atoms with van der Waals surface area (Å²) in [6.07, 6.45) is -3.05. The second-order valence-electron chi connectivity index (χ2n) is 4.75. The minimum atomic E-state index is -4.43. The standard InChI is InChI=1S/C13H16F3NO2.ClH/c14-13(15,16)9-1-2-11(18)10(7-9)12(17)8-3-5-19-6-4-8;/h1-2,7-8,12,18H,3-6,17H2;1H/t12-;/m1./s1. The Labute approximate surface area is 121 Å². The number of ether oxygens (including phenoxy) is 1. The van der Waals surface area contributed by atoms with Gasteiger partial charge < -0.3 is 15.6 Å².